The van der Waals surface area contributed by atoms with Crippen molar-refractivity contribution >= 4 is 23.8 Å². The van der Waals surface area contributed by atoms with E-state index in [0.29, 0.717) is 19.3 Å². The first kappa shape index (κ1) is 48.8. The number of aliphatic carboxylic acids is 1. The SMILES string of the molecule is CCCCCCCCCCCCCCC(CCCCCCCC(=O)NCC(=O)NC(CO)C(=O)O)OC(=O)CCCCCCCCCCCCC. The summed E-state index contributed by atoms with van der Waals surface area (Å²) >= 11 is 0. The molecule has 0 aromatic carbocycles. The summed E-state index contributed by atoms with van der Waals surface area (Å²) in [6, 6.07) is -1.38. The van der Waals surface area contributed by atoms with Crippen molar-refractivity contribution in [1.82, 2.24) is 10.6 Å². The van der Waals surface area contributed by atoms with Gasteiger partial charge in [-0.25, -0.2) is 4.79 Å². The summed E-state index contributed by atoms with van der Waals surface area (Å²) in [7, 11) is 0. The number of carbonyl (C=O) groups is 4. The van der Waals surface area contributed by atoms with Gasteiger partial charge in [-0.1, -0.05) is 168 Å². The first-order valence-corrected chi connectivity index (χ1v) is 21.4. The minimum atomic E-state index is -1.38. The predicted octanol–water partition coefficient (Wildman–Crippen LogP) is 10.1. The molecule has 0 aliphatic heterocycles. The molecule has 0 aromatic rings. The third kappa shape index (κ3) is 34.7. The Morgan fingerprint density at radius 3 is 1.27 bits per heavy atom. The fraction of sp³-hybridized carbons (Fsp3) is 0.905. The van der Waals surface area contributed by atoms with Crippen molar-refractivity contribution in [3.63, 3.8) is 0 Å². The molecule has 2 unspecified atom stereocenters. The number of esters is 1. The van der Waals surface area contributed by atoms with E-state index in [1.165, 1.54) is 128 Å². The Balaban J connectivity index is 4.27. The molecule has 9 heteroatoms. The molecule has 4 N–H and O–H groups in total. The van der Waals surface area contributed by atoms with Crippen LogP contribution in [0, 0.1) is 0 Å². The second-order valence-corrected chi connectivity index (χ2v) is 14.8. The third-order valence-corrected chi connectivity index (χ3v) is 9.85. The van der Waals surface area contributed by atoms with Gasteiger partial charge in [-0.05, 0) is 38.5 Å². The molecule has 0 heterocycles. The van der Waals surface area contributed by atoms with E-state index in [2.05, 4.69) is 24.5 Å². The zero-order valence-corrected chi connectivity index (χ0v) is 33.1. The number of nitrogens with one attached hydrogen (secondary N) is 2. The fourth-order valence-corrected chi connectivity index (χ4v) is 6.54. The van der Waals surface area contributed by atoms with E-state index in [4.69, 9.17) is 14.9 Å². The van der Waals surface area contributed by atoms with Crippen LogP contribution < -0.4 is 10.6 Å². The van der Waals surface area contributed by atoms with E-state index in [-0.39, 0.29) is 24.5 Å². The lowest BCUT2D eigenvalue weighted by Crippen LogP contribution is -2.47. The Morgan fingerprint density at radius 2 is 0.882 bits per heavy atom. The van der Waals surface area contributed by atoms with Crippen molar-refractivity contribution < 1.29 is 34.1 Å². The van der Waals surface area contributed by atoms with Gasteiger partial charge in [-0.3, -0.25) is 14.4 Å². The highest BCUT2D eigenvalue weighted by molar-refractivity contribution is 5.87. The number of hydrogen-bond acceptors (Lipinski definition) is 6. The molecule has 0 fully saturated rings. The van der Waals surface area contributed by atoms with Gasteiger partial charge in [0.2, 0.25) is 11.8 Å². The summed E-state index contributed by atoms with van der Waals surface area (Å²) < 4.78 is 6.02. The van der Waals surface area contributed by atoms with Crippen molar-refractivity contribution in [2.24, 2.45) is 0 Å². The number of aliphatic hydroxyl groups excluding tert-OH is 1. The summed E-state index contributed by atoms with van der Waals surface area (Å²) in [5, 5.41) is 22.5. The number of rotatable bonds is 39. The number of ether oxygens (including phenoxy) is 1. The molecular formula is C42H80N2O7. The Labute approximate surface area is 312 Å². The van der Waals surface area contributed by atoms with Crippen LogP contribution in [0.1, 0.15) is 219 Å². The fourth-order valence-electron chi connectivity index (χ4n) is 6.54. The molecule has 0 aliphatic rings. The second kappa shape index (κ2) is 37.6. The van der Waals surface area contributed by atoms with Crippen molar-refractivity contribution in [2.45, 2.75) is 231 Å². The van der Waals surface area contributed by atoms with Crippen LogP contribution in [0.15, 0.2) is 0 Å². The number of carboxylic acid groups (broad SMARTS) is 1. The van der Waals surface area contributed by atoms with Gasteiger partial charge in [-0.15, -0.1) is 0 Å². The third-order valence-electron chi connectivity index (χ3n) is 9.85. The van der Waals surface area contributed by atoms with Gasteiger partial charge in [0.25, 0.3) is 0 Å². The van der Waals surface area contributed by atoms with Crippen molar-refractivity contribution in [3.05, 3.63) is 0 Å². The van der Waals surface area contributed by atoms with E-state index >= 15 is 0 Å². The number of aliphatic hydroxyl groups is 1. The lowest BCUT2D eigenvalue weighted by Gasteiger charge is -2.18. The molecule has 0 aromatic heterocycles. The average molecular weight is 725 g/mol. The smallest absolute Gasteiger partial charge is 0.328 e. The zero-order valence-electron chi connectivity index (χ0n) is 33.1. The van der Waals surface area contributed by atoms with Crippen LogP contribution >= 0.6 is 0 Å². The van der Waals surface area contributed by atoms with E-state index in [9.17, 15) is 19.2 Å². The number of unbranched alkanes of at least 4 members (excludes halogenated alkanes) is 25. The molecule has 0 aliphatic carbocycles. The summed E-state index contributed by atoms with van der Waals surface area (Å²) in [5.74, 6) is -2.27. The number of carboxylic acids is 1. The molecule has 2 amide bonds. The maximum atomic E-state index is 12.7. The molecule has 0 rings (SSSR count). The van der Waals surface area contributed by atoms with Crippen LogP contribution in [0.25, 0.3) is 0 Å². The summed E-state index contributed by atoms with van der Waals surface area (Å²) in [5.41, 5.74) is 0. The monoisotopic (exact) mass is 725 g/mol. The summed E-state index contributed by atoms with van der Waals surface area (Å²) in [4.78, 5) is 47.5. The average Bonchev–Trinajstić information content (AvgIpc) is 3.11. The van der Waals surface area contributed by atoms with Crippen LogP contribution in [0.5, 0.6) is 0 Å². The Bertz CT molecular complexity index is 838. The highest BCUT2D eigenvalue weighted by Crippen LogP contribution is 2.19. The van der Waals surface area contributed by atoms with Crippen LogP contribution in [-0.4, -0.2) is 59.3 Å². The Kier molecular flexibility index (Phi) is 36.0. The van der Waals surface area contributed by atoms with Crippen molar-refractivity contribution in [1.29, 1.82) is 0 Å². The second-order valence-electron chi connectivity index (χ2n) is 14.8. The zero-order chi connectivity index (χ0) is 37.6. The molecule has 2 atom stereocenters. The molecule has 0 saturated carbocycles. The minimum absolute atomic E-state index is 0.00295. The first-order chi connectivity index (χ1) is 24.8. The van der Waals surface area contributed by atoms with Crippen LogP contribution in [-0.2, 0) is 23.9 Å². The molecule has 0 bridgehead atoms. The van der Waals surface area contributed by atoms with Gasteiger partial charge >= 0.3 is 11.9 Å². The first-order valence-electron chi connectivity index (χ1n) is 21.4. The van der Waals surface area contributed by atoms with Gasteiger partial charge in [0.15, 0.2) is 0 Å². The minimum Gasteiger partial charge on any atom is -0.480 e. The molecule has 51 heavy (non-hydrogen) atoms. The molecule has 300 valence electrons. The largest absolute Gasteiger partial charge is 0.480 e. The summed E-state index contributed by atoms with van der Waals surface area (Å²) in [6.07, 6.45) is 37.0. The molecule has 0 saturated heterocycles. The lowest BCUT2D eigenvalue weighted by molar-refractivity contribution is -0.150. The number of amides is 2. The van der Waals surface area contributed by atoms with E-state index in [1.54, 1.807) is 0 Å². The van der Waals surface area contributed by atoms with E-state index in [0.717, 1.165) is 57.8 Å². The summed E-state index contributed by atoms with van der Waals surface area (Å²) in [6.45, 7) is 3.49. The van der Waals surface area contributed by atoms with Crippen LogP contribution in [0.3, 0.4) is 0 Å². The molecule has 0 radical (unpaired) electrons. The van der Waals surface area contributed by atoms with Crippen molar-refractivity contribution in [3.8, 4) is 0 Å². The Hall–Kier alpha value is -2.16. The van der Waals surface area contributed by atoms with Gasteiger partial charge in [0.1, 0.15) is 12.1 Å². The van der Waals surface area contributed by atoms with E-state index < -0.39 is 24.5 Å². The standard InChI is InChI=1S/C42H80N2O7/c1-3-5-7-9-11-13-15-17-18-20-23-27-31-37(51-41(48)34-30-26-21-19-16-14-12-10-8-6-4-2)32-28-24-22-25-29-33-39(46)43-35-40(47)44-38(36-45)42(49)50/h37-38,45H,3-36H2,1-2H3,(H,43,46)(H,44,47)(H,49,50). The van der Waals surface area contributed by atoms with Gasteiger partial charge in [0, 0.05) is 12.8 Å². The van der Waals surface area contributed by atoms with Crippen LogP contribution in [0.4, 0.5) is 0 Å². The maximum Gasteiger partial charge on any atom is 0.328 e. The highest BCUT2D eigenvalue weighted by atomic mass is 16.5. The normalized spacial score (nSPS) is 12.4. The van der Waals surface area contributed by atoms with Gasteiger partial charge in [-0.2, -0.15) is 0 Å². The molecule has 0 spiro atoms. The maximum absolute atomic E-state index is 12.7. The Morgan fingerprint density at radius 1 is 0.510 bits per heavy atom. The lowest BCUT2D eigenvalue weighted by atomic mass is 10.0. The van der Waals surface area contributed by atoms with Gasteiger partial charge < -0.3 is 25.6 Å². The van der Waals surface area contributed by atoms with Crippen molar-refractivity contribution in [2.75, 3.05) is 13.2 Å². The topological polar surface area (TPSA) is 142 Å². The molecular weight excluding hydrogens is 644 g/mol. The number of hydrogen-bond donors (Lipinski definition) is 4. The van der Waals surface area contributed by atoms with Crippen LogP contribution in [0.2, 0.25) is 0 Å². The molecule has 9 nitrogen and oxygen atoms in total. The van der Waals surface area contributed by atoms with Gasteiger partial charge in [0.05, 0.1) is 13.2 Å². The highest BCUT2D eigenvalue weighted by Gasteiger charge is 2.19. The predicted molar refractivity (Wildman–Crippen MR) is 209 cm³/mol. The number of carbonyl (C=O) groups excluding carboxylic acids is 3. The van der Waals surface area contributed by atoms with E-state index in [1.807, 2.05) is 0 Å². The quantitative estimate of drug-likeness (QED) is 0.0365.